The van der Waals surface area contributed by atoms with Gasteiger partial charge in [-0.05, 0) is 6.92 Å². The van der Waals surface area contributed by atoms with Gasteiger partial charge in [0.25, 0.3) is 0 Å². The smallest absolute Gasteiger partial charge is 0.382 e. The second kappa shape index (κ2) is 7.86. The molecule has 1 fully saturated rings. The van der Waals surface area contributed by atoms with Gasteiger partial charge in [-0.1, -0.05) is 0 Å². The maximum atomic E-state index is 10.9. The van der Waals surface area contributed by atoms with Crippen molar-refractivity contribution >= 4 is 15.7 Å². The molecule has 0 aliphatic carbocycles. The summed E-state index contributed by atoms with van der Waals surface area (Å²) in [6.07, 6.45) is -2.25. The molecule has 0 amide bonds. The summed E-state index contributed by atoms with van der Waals surface area (Å²) in [5.41, 5.74) is 0. The molecule has 1 unspecified atom stereocenters. The normalized spacial score (nSPS) is 32.5. The Morgan fingerprint density at radius 2 is 1.95 bits per heavy atom. The number of phosphoric ester groups is 1. The van der Waals surface area contributed by atoms with Crippen molar-refractivity contribution in [1.82, 2.24) is 0 Å². The van der Waals surface area contributed by atoms with Crippen LogP contribution in [-0.2, 0) is 28.0 Å². The van der Waals surface area contributed by atoms with Crippen molar-refractivity contribution in [1.29, 1.82) is 0 Å². The summed E-state index contributed by atoms with van der Waals surface area (Å²) in [6, 6.07) is -0.273. The van der Waals surface area contributed by atoms with E-state index in [0.29, 0.717) is 13.2 Å². The Balaban J connectivity index is 2.66. The quantitative estimate of drug-likeness (QED) is 0.330. The topological polar surface area (TPSA) is 104 Å². The summed E-state index contributed by atoms with van der Waals surface area (Å²) in [6.45, 7) is 2.36. The van der Waals surface area contributed by atoms with Gasteiger partial charge in [0.2, 0.25) is 0 Å². The lowest BCUT2D eigenvalue weighted by atomic mass is 9.92. The molecule has 0 bridgehead atoms. The van der Waals surface area contributed by atoms with Crippen LogP contribution in [0.1, 0.15) is 6.92 Å². The Kier molecular flexibility index (Phi) is 7.10. The zero-order valence-corrected chi connectivity index (χ0v) is 13.0. The first kappa shape index (κ1) is 18.1. The lowest BCUT2D eigenvalue weighted by molar-refractivity contribution is -0.0732. The second-order valence-electron chi connectivity index (χ2n) is 4.64. The maximum absolute atomic E-state index is 10.9. The summed E-state index contributed by atoms with van der Waals surface area (Å²) < 4.78 is 37.1. The van der Waals surface area contributed by atoms with Crippen molar-refractivity contribution in [2.45, 2.75) is 37.3 Å². The average molecular weight is 312 g/mol. The Bertz CT molecular complexity index is 337. The maximum Gasteiger partial charge on any atom is 0.469 e. The second-order valence-corrected chi connectivity index (χ2v) is 5.83. The van der Waals surface area contributed by atoms with Gasteiger partial charge in [0.1, 0.15) is 26.2 Å². The van der Waals surface area contributed by atoms with Crippen molar-refractivity contribution < 1.29 is 37.8 Å². The molecular weight excluding hydrogens is 290 g/mol. The van der Waals surface area contributed by atoms with E-state index in [4.69, 9.17) is 28.7 Å². The summed E-state index contributed by atoms with van der Waals surface area (Å²) in [4.78, 5) is 17.7. The highest BCUT2D eigenvalue weighted by molar-refractivity contribution is 7.46. The Morgan fingerprint density at radius 1 is 1.30 bits per heavy atom. The molecule has 118 valence electrons. The fraction of sp³-hybridized carbons (Fsp3) is 1.00. The number of hydrogen-bond acceptors (Lipinski definition) is 6. The van der Waals surface area contributed by atoms with Crippen molar-refractivity contribution in [2.75, 3.05) is 27.4 Å². The minimum atomic E-state index is -4.57. The molecular formula is C10H22BO8P. The highest BCUT2D eigenvalue weighted by Gasteiger charge is 2.47. The van der Waals surface area contributed by atoms with Crippen LogP contribution in [0.5, 0.6) is 0 Å². The van der Waals surface area contributed by atoms with Gasteiger partial charge in [-0.3, -0.25) is 4.52 Å². The molecule has 20 heavy (non-hydrogen) atoms. The van der Waals surface area contributed by atoms with E-state index in [1.165, 1.54) is 14.0 Å². The molecule has 5 atom stereocenters. The predicted molar refractivity (Wildman–Crippen MR) is 72.2 cm³/mol. The van der Waals surface area contributed by atoms with Crippen LogP contribution in [0.15, 0.2) is 0 Å². The van der Waals surface area contributed by atoms with E-state index in [2.05, 4.69) is 4.52 Å². The highest BCUT2D eigenvalue weighted by atomic mass is 31.2. The monoisotopic (exact) mass is 312 g/mol. The Labute approximate surface area is 119 Å². The highest BCUT2D eigenvalue weighted by Crippen LogP contribution is 2.40. The van der Waals surface area contributed by atoms with E-state index in [1.54, 1.807) is 7.11 Å². The molecule has 10 heteroatoms. The van der Waals surface area contributed by atoms with Crippen LogP contribution in [0.2, 0.25) is 0 Å². The lowest BCUT2D eigenvalue weighted by Gasteiger charge is -2.26. The minimum absolute atomic E-state index is 0.273. The molecule has 0 aromatic heterocycles. The summed E-state index contributed by atoms with van der Waals surface area (Å²) in [5.74, 6) is 0. The van der Waals surface area contributed by atoms with Gasteiger partial charge >= 0.3 is 7.82 Å². The van der Waals surface area contributed by atoms with Crippen molar-refractivity contribution in [3.05, 3.63) is 0 Å². The molecule has 0 aromatic rings. The Morgan fingerprint density at radius 3 is 2.45 bits per heavy atom. The summed E-state index contributed by atoms with van der Waals surface area (Å²) in [5, 5.41) is 0. The van der Waals surface area contributed by atoms with E-state index < -0.39 is 26.1 Å². The van der Waals surface area contributed by atoms with Gasteiger partial charge in [-0.2, -0.15) is 0 Å². The molecule has 0 spiro atoms. The van der Waals surface area contributed by atoms with Crippen molar-refractivity contribution in [2.24, 2.45) is 0 Å². The van der Waals surface area contributed by atoms with Gasteiger partial charge < -0.3 is 28.7 Å². The first-order valence-electron chi connectivity index (χ1n) is 6.33. The van der Waals surface area contributed by atoms with Gasteiger partial charge in [-0.25, -0.2) is 4.57 Å². The van der Waals surface area contributed by atoms with Crippen molar-refractivity contribution in [3.8, 4) is 0 Å². The third-order valence-corrected chi connectivity index (χ3v) is 3.73. The molecule has 0 saturated carbocycles. The fourth-order valence-electron chi connectivity index (χ4n) is 2.28. The zero-order valence-electron chi connectivity index (χ0n) is 12.1. The SMILES string of the molecule is B[C@@H]1O[C@H](C(C)OP(=O)(O)O)[C@@H](OC)[C@H]1OCCOC. The third-order valence-electron chi connectivity index (χ3n) is 3.12. The standard InChI is InChI=1S/C10H22BO8P/c1-6(19-20(12,13)14)7-8(16-3)9(10(11)18-7)17-5-4-15-2/h6-10H,4-5,11H2,1-3H3,(H2,12,13,14)/t6?,7-,8-,9-,10-/m1/s1. The summed E-state index contributed by atoms with van der Waals surface area (Å²) >= 11 is 0. The van der Waals surface area contributed by atoms with Crippen LogP contribution < -0.4 is 0 Å². The van der Waals surface area contributed by atoms with Crippen LogP contribution in [0.3, 0.4) is 0 Å². The van der Waals surface area contributed by atoms with E-state index in [-0.39, 0.29) is 12.1 Å². The van der Waals surface area contributed by atoms with Gasteiger partial charge in [0.15, 0.2) is 0 Å². The first-order valence-corrected chi connectivity index (χ1v) is 7.86. The first-order chi connectivity index (χ1) is 9.30. The van der Waals surface area contributed by atoms with Gasteiger partial charge in [0.05, 0.1) is 25.3 Å². The van der Waals surface area contributed by atoms with Crippen molar-refractivity contribution in [3.63, 3.8) is 0 Å². The van der Waals surface area contributed by atoms with Crippen LogP contribution >= 0.6 is 7.82 Å². The van der Waals surface area contributed by atoms with Crippen LogP contribution in [-0.4, -0.2) is 75.5 Å². The molecule has 0 radical (unpaired) electrons. The molecule has 1 aliphatic heterocycles. The van der Waals surface area contributed by atoms with E-state index in [9.17, 15) is 4.57 Å². The largest absolute Gasteiger partial charge is 0.469 e. The van der Waals surface area contributed by atoms with E-state index in [0.717, 1.165) is 0 Å². The number of ether oxygens (including phenoxy) is 4. The molecule has 2 N–H and O–H groups in total. The van der Waals surface area contributed by atoms with Crippen LogP contribution in [0.25, 0.3) is 0 Å². The number of hydrogen-bond donors (Lipinski definition) is 2. The Hall–Kier alpha value is 0.0149. The van der Waals surface area contributed by atoms with E-state index in [1.807, 2.05) is 7.85 Å². The molecule has 1 heterocycles. The fourth-order valence-corrected chi connectivity index (χ4v) is 2.83. The third kappa shape index (κ3) is 5.09. The molecule has 1 saturated heterocycles. The molecule has 1 aliphatic rings. The molecule has 8 nitrogen and oxygen atoms in total. The summed E-state index contributed by atoms with van der Waals surface area (Å²) in [7, 11) is 0.310. The molecule has 0 aromatic carbocycles. The zero-order chi connectivity index (χ0) is 15.3. The minimum Gasteiger partial charge on any atom is -0.382 e. The van der Waals surface area contributed by atoms with E-state index >= 15 is 0 Å². The number of rotatable bonds is 8. The predicted octanol–water partition coefficient (Wildman–Crippen LogP) is -1.11. The number of methoxy groups -OCH3 is 2. The van der Waals surface area contributed by atoms with Gasteiger partial charge in [-0.15, -0.1) is 0 Å². The number of phosphoric acid groups is 1. The van der Waals surface area contributed by atoms with Gasteiger partial charge in [0, 0.05) is 14.2 Å². The van der Waals surface area contributed by atoms with Crippen LogP contribution in [0, 0.1) is 0 Å². The lowest BCUT2D eigenvalue weighted by Crippen LogP contribution is -2.41. The van der Waals surface area contributed by atoms with Crippen LogP contribution in [0.4, 0.5) is 0 Å². The average Bonchev–Trinajstić information content (AvgIpc) is 2.64. The molecule has 1 rings (SSSR count).